The number of oxazole rings is 1. The number of ether oxygens (including phenoxy) is 1. The van der Waals surface area contributed by atoms with E-state index in [2.05, 4.69) is 4.98 Å². The molecule has 0 spiro atoms. The van der Waals surface area contributed by atoms with E-state index in [1.54, 1.807) is 0 Å². The first-order valence-corrected chi connectivity index (χ1v) is 5.77. The van der Waals surface area contributed by atoms with Crippen LogP contribution in [0.3, 0.4) is 0 Å². The van der Waals surface area contributed by atoms with Gasteiger partial charge in [-0.2, -0.15) is 13.2 Å². The van der Waals surface area contributed by atoms with Crippen LogP contribution in [0, 0.1) is 0 Å². The quantitative estimate of drug-likeness (QED) is 0.932. The fourth-order valence-corrected chi connectivity index (χ4v) is 1.78. The number of carbonyl (C=O) groups is 1. The third-order valence-electron chi connectivity index (χ3n) is 2.48. The van der Waals surface area contributed by atoms with Crippen molar-refractivity contribution in [2.75, 3.05) is 7.11 Å². The van der Waals surface area contributed by atoms with Crippen LogP contribution in [-0.4, -0.2) is 23.2 Å². The van der Waals surface area contributed by atoms with Gasteiger partial charge < -0.3 is 14.3 Å². The molecule has 0 aliphatic rings. The number of carboxylic acid groups (broad SMARTS) is 1. The van der Waals surface area contributed by atoms with Gasteiger partial charge in [0.15, 0.2) is 5.69 Å². The van der Waals surface area contributed by atoms with E-state index in [4.69, 9.17) is 25.9 Å². The van der Waals surface area contributed by atoms with Gasteiger partial charge in [-0.25, -0.2) is 9.78 Å². The number of aromatic carboxylic acids is 1. The molecule has 1 N–H and O–H groups in total. The Bertz CT molecular complexity index is 696. The SMILES string of the molecule is COc1cc(Cl)ccc1-c1nc(C(F)(F)F)c(C(=O)O)o1. The molecule has 0 unspecified atom stereocenters. The van der Waals surface area contributed by atoms with Crippen LogP contribution in [0.25, 0.3) is 11.5 Å². The number of nitrogens with zero attached hydrogens (tertiary/aromatic N) is 1. The van der Waals surface area contributed by atoms with Crippen molar-refractivity contribution in [3.05, 3.63) is 34.7 Å². The van der Waals surface area contributed by atoms with E-state index >= 15 is 0 Å². The highest BCUT2D eigenvalue weighted by atomic mass is 35.5. The smallest absolute Gasteiger partial charge is 0.437 e. The van der Waals surface area contributed by atoms with Crippen molar-refractivity contribution in [2.24, 2.45) is 0 Å². The maximum Gasteiger partial charge on any atom is 0.437 e. The normalized spacial score (nSPS) is 11.5. The molecule has 1 aromatic heterocycles. The predicted octanol–water partition coefficient (Wildman–Crippen LogP) is 3.72. The molecule has 9 heteroatoms. The molecule has 0 aliphatic heterocycles. The Morgan fingerprint density at radius 1 is 1.43 bits per heavy atom. The van der Waals surface area contributed by atoms with Crippen molar-refractivity contribution < 1.29 is 32.2 Å². The first-order chi connectivity index (χ1) is 9.74. The molecule has 2 aromatic rings. The van der Waals surface area contributed by atoms with E-state index in [0.717, 1.165) is 0 Å². The highest BCUT2D eigenvalue weighted by Crippen LogP contribution is 2.37. The number of aromatic nitrogens is 1. The molecule has 2 rings (SSSR count). The zero-order valence-corrected chi connectivity index (χ0v) is 11.1. The topological polar surface area (TPSA) is 72.6 Å². The van der Waals surface area contributed by atoms with Gasteiger partial charge in [0.2, 0.25) is 11.7 Å². The van der Waals surface area contributed by atoms with E-state index in [1.165, 1.54) is 25.3 Å². The summed E-state index contributed by atoms with van der Waals surface area (Å²) in [7, 11) is 1.28. The highest BCUT2D eigenvalue weighted by Gasteiger charge is 2.41. The lowest BCUT2D eigenvalue weighted by molar-refractivity contribution is -0.141. The van der Waals surface area contributed by atoms with Crippen LogP contribution in [0.4, 0.5) is 13.2 Å². The van der Waals surface area contributed by atoms with E-state index in [1.807, 2.05) is 0 Å². The zero-order chi connectivity index (χ0) is 15.8. The molecule has 0 aliphatic carbocycles. The molecule has 1 aromatic carbocycles. The third kappa shape index (κ3) is 2.94. The summed E-state index contributed by atoms with van der Waals surface area (Å²) < 4.78 is 47.9. The standard InChI is InChI=1S/C12H7ClF3NO4/c1-20-7-4-5(13)2-3-6(7)10-17-9(12(14,15)16)8(21-10)11(18)19/h2-4H,1H3,(H,18,19). The average Bonchev–Trinajstić information content (AvgIpc) is 2.83. The number of hydrogen-bond acceptors (Lipinski definition) is 4. The van der Waals surface area contributed by atoms with Gasteiger partial charge in [0.25, 0.3) is 0 Å². The number of alkyl halides is 3. The zero-order valence-electron chi connectivity index (χ0n) is 10.4. The molecule has 0 radical (unpaired) electrons. The van der Waals surface area contributed by atoms with Crippen LogP contribution >= 0.6 is 11.6 Å². The van der Waals surface area contributed by atoms with Crippen molar-refractivity contribution in [3.63, 3.8) is 0 Å². The second kappa shape index (κ2) is 5.28. The first-order valence-electron chi connectivity index (χ1n) is 5.39. The Balaban J connectivity index is 2.64. The van der Waals surface area contributed by atoms with Gasteiger partial charge in [0, 0.05) is 5.02 Å². The molecule has 0 bridgehead atoms. The summed E-state index contributed by atoms with van der Waals surface area (Å²) in [5.41, 5.74) is -1.55. The summed E-state index contributed by atoms with van der Waals surface area (Å²) in [5.74, 6) is -3.56. The Hall–Kier alpha value is -2.22. The summed E-state index contributed by atoms with van der Waals surface area (Å²) in [5, 5.41) is 9.06. The minimum absolute atomic E-state index is 0.0555. The fourth-order valence-electron chi connectivity index (χ4n) is 1.61. The average molecular weight is 322 g/mol. The molecule has 1 heterocycles. The highest BCUT2D eigenvalue weighted by molar-refractivity contribution is 6.30. The lowest BCUT2D eigenvalue weighted by Crippen LogP contribution is -2.11. The first kappa shape index (κ1) is 15.2. The van der Waals surface area contributed by atoms with Gasteiger partial charge in [-0.3, -0.25) is 0 Å². The number of methoxy groups -OCH3 is 1. The Morgan fingerprint density at radius 2 is 2.10 bits per heavy atom. The molecule has 21 heavy (non-hydrogen) atoms. The lowest BCUT2D eigenvalue weighted by Gasteiger charge is -2.05. The van der Waals surface area contributed by atoms with Gasteiger partial charge in [0.1, 0.15) is 5.75 Å². The summed E-state index contributed by atoms with van der Waals surface area (Å²) in [6, 6.07) is 4.05. The molecule has 5 nitrogen and oxygen atoms in total. The Labute approximate surface area is 120 Å². The van der Waals surface area contributed by atoms with E-state index < -0.39 is 29.5 Å². The van der Waals surface area contributed by atoms with E-state index in [9.17, 15) is 18.0 Å². The maximum atomic E-state index is 12.7. The van der Waals surface area contributed by atoms with Gasteiger partial charge in [-0.15, -0.1) is 0 Å². The molecular weight excluding hydrogens is 315 g/mol. The second-order valence-electron chi connectivity index (χ2n) is 3.84. The molecule has 0 atom stereocenters. The van der Waals surface area contributed by atoms with Gasteiger partial charge in [-0.1, -0.05) is 11.6 Å². The minimum Gasteiger partial charge on any atom is -0.496 e. The van der Waals surface area contributed by atoms with Crippen molar-refractivity contribution in [2.45, 2.75) is 6.18 Å². The van der Waals surface area contributed by atoms with E-state index in [0.29, 0.717) is 0 Å². The monoisotopic (exact) mass is 321 g/mol. The van der Waals surface area contributed by atoms with Crippen LogP contribution in [0.15, 0.2) is 22.6 Å². The maximum absolute atomic E-state index is 12.7. The van der Waals surface area contributed by atoms with Crippen molar-refractivity contribution in [1.82, 2.24) is 4.98 Å². The van der Waals surface area contributed by atoms with Gasteiger partial charge in [0.05, 0.1) is 12.7 Å². The lowest BCUT2D eigenvalue weighted by atomic mass is 10.2. The Kier molecular flexibility index (Phi) is 3.82. The molecular formula is C12H7ClF3NO4. The molecule has 0 amide bonds. The fraction of sp³-hybridized carbons (Fsp3) is 0.167. The number of carboxylic acids is 1. The van der Waals surface area contributed by atoms with E-state index in [-0.39, 0.29) is 16.3 Å². The predicted molar refractivity (Wildman–Crippen MR) is 65.5 cm³/mol. The summed E-state index contributed by atoms with van der Waals surface area (Å²) in [6.07, 6.45) is -4.95. The second-order valence-corrected chi connectivity index (χ2v) is 4.28. The number of halogens is 4. The number of benzene rings is 1. The minimum atomic E-state index is -4.95. The van der Waals surface area contributed by atoms with Crippen LogP contribution in [0.5, 0.6) is 5.75 Å². The molecule has 0 saturated heterocycles. The summed E-state index contributed by atoms with van der Waals surface area (Å²) in [4.78, 5) is 14.1. The van der Waals surface area contributed by atoms with Gasteiger partial charge in [-0.05, 0) is 18.2 Å². The number of rotatable bonds is 3. The Morgan fingerprint density at radius 3 is 2.57 bits per heavy atom. The summed E-state index contributed by atoms with van der Waals surface area (Å²) >= 11 is 5.74. The molecule has 112 valence electrons. The largest absolute Gasteiger partial charge is 0.496 e. The van der Waals surface area contributed by atoms with Crippen molar-refractivity contribution >= 4 is 17.6 Å². The van der Waals surface area contributed by atoms with Crippen LogP contribution in [-0.2, 0) is 6.18 Å². The van der Waals surface area contributed by atoms with Crippen LogP contribution < -0.4 is 4.74 Å². The van der Waals surface area contributed by atoms with Crippen LogP contribution in [0.2, 0.25) is 5.02 Å². The summed E-state index contributed by atoms with van der Waals surface area (Å²) in [6.45, 7) is 0. The van der Waals surface area contributed by atoms with Crippen LogP contribution in [0.1, 0.15) is 16.2 Å². The van der Waals surface area contributed by atoms with Gasteiger partial charge >= 0.3 is 12.1 Å². The molecule has 0 saturated carbocycles. The van der Waals surface area contributed by atoms with Crippen molar-refractivity contribution in [3.8, 4) is 17.2 Å². The molecule has 0 fully saturated rings. The third-order valence-corrected chi connectivity index (χ3v) is 2.72. The number of hydrogen-bond donors (Lipinski definition) is 1. The van der Waals surface area contributed by atoms with Crippen molar-refractivity contribution in [1.29, 1.82) is 0 Å².